The van der Waals surface area contributed by atoms with Gasteiger partial charge in [-0.2, -0.15) is 0 Å². The first kappa shape index (κ1) is 10.9. The topological polar surface area (TPSA) is 30.5 Å². The number of ether oxygens (including phenoxy) is 2. The van der Waals surface area contributed by atoms with Crippen molar-refractivity contribution in [3.8, 4) is 11.5 Å². The Labute approximate surface area is 102 Å². The molecule has 0 aromatic heterocycles. The molecular formula is C14H19NO2. The average molecular weight is 233 g/mol. The number of aryl methyl sites for hydroxylation is 1. The molecule has 1 fully saturated rings. The van der Waals surface area contributed by atoms with E-state index in [1.807, 2.05) is 6.07 Å². The molecule has 1 aromatic carbocycles. The number of benzene rings is 1. The molecule has 1 aromatic rings. The quantitative estimate of drug-likeness (QED) is 0.851. The van der Waals surface area contributed by atoms with Crippen molar-refractivity contribution in [2.24, 2.45) is 0 Å². The van der Waals surface area contributed by atoms with E-state index < -0.39 is 0 Å². The SMILES string of the molecule is Cc1ccc2c(c1CC1CCCCN1)OCO2. The van der Waals surface area contributed by atoms with E-state index in [1.54, 1.807) is 0 Å². The minimum absolute atomic E-state index is 0.365. The number of fused-ring (bicyclic) bond motifs is 1. The molecule has 2 heterocycles. The molecule has 2 aliphatic rings. The molecular weight excluding hydrogens is 214 g/mol. The van der Waals surface area contributed by atoms with Crippen molar-refractivity contribution in [1.82, 2.24) is 5.32 Å². The number of hydrogen-bond acceptors (Lipinski definition) is 3. The van der Waals surface area contributed by atoms with Crippen LogP contribution >= 0.6 is 0 Å². The highest BCUT2D eigenvalue weighted by Crippen LogP contribution is 2.38. The van der Waals surface area contributed by atoms with Gasteiger partial charge in [-0.05, 0) is 44.4 Å². The molecule has 0 spiro atoms. The van der Waals surface area contributed by atoms with E-state index in [-0.39, 0.29) is 0 Å². The average Bonchev–Trinajstić information content (AvgIpc) is 2.83. The molecule has 0 bridgehead atoms. The van der Waals surface area contributed by atoms with Gasteiger partial charge in [0.1, 0.15) is 0 Å². The lowest BCUT2D eigenvalue weighted by Crippen LogP contribution is -2.35. The molecule has 0 radical (unpaired) electrons. The Kier molecular flexibility index (Phi) is 2.93. The minimum atomic E-state index is 0.365. The summed E-state index contributed by atoms with van der Waals surface area (Å²) in [4.78, 5) is 0. The van der Waals surface area contributed by atoms with Gasteiger partial charge in [0.25, 0.3) is 0 Å². The molecule has 3 rings (SSSR count). The van der Waals surface area contributed by atoms with Crippen LogP contribution in [0.25, 0.3) is 0 Å². The summed E-state index contributed by atoms with van der Waals surface area (Å²) >= 11 is 0. The maximum Gasteiger partial charge on any atom is 0.231 e. The third-order valence-electron chi connectivity index (χ3n) is 3.74. The summed E-state index contributed by atoms with van der Waals surface area (Å²) in [6.45, 7) is 3.67. The van der Waals surface area contributed by atoms with Crippen LogP contribution in [0, 0.1) is 6.92 Å². The maximum atomic E-state index is 5.60. The molecule has 17 heavy (non-hydrogen) atoms. The van der Waals surface area contributed by atoms with Gasteiger partial charge in [-0.3, -0.25) is 0 Å². The fourth-order valence-corrected chi connectivity index (χ4v) is 2.73. The van der Waals surface area contributed by atoms with Crippen LogP contribution in [0.2, 0.25) is 0 Å². The first-order valence-electron chi connectivity index (χ1n) is 6.46. The van der Waals surface area contributed by atoms with Crippen LogP contribution in [0.5, 0.6) is 11.5 Å². The van der Waals surface area contributed by atoms with Crippen LogP contribution in [0.3, 0.4) is 0 Å². The molecule has 3 nitrogen and oxygen atoms in total. The summed E-state index contributed by atoms with van der Waals surface area (Å²) in [6.07, 6.45) is 4.97. The molecule has 1 saturated heterocycles. The van der Waals surface area contributed by atoms with E-state index in [0.29, 0.717) is 12.8 Å². The molecule has 0 saturated carbocycles. The van der Waals surface area contributed by atoms with Gasteiger partial charge in [-0.1, -0.05) is 12.5 Å². The van der Waals surface area contributed by atoms with Gasteiger partial charge in [0.2, 0.25) is 6.79 Å². The lowest BCUT2D eigenvalue weighted by atomic mass is 9.94. The van der Waals surface area contributed by atoms with Crippen LogP contribution < -0.4 is 14.8 Å². The van der Waals surface area contributed by atoms with Crippen molar-refractivity contribution in [3.05, 3.63) is 23.3 Å². The normalized spacial score (nSPS) is 22.8. The van der Waals surface area contributed by atoms with Gasteiger partial charge in [0.05, 0.1) is 0 Å². The molecule has 1 N–H and O–H groups in total. The number of rotatable bonds is 2. The number of piperidine rings is 1. The molecule has 3 heteroatoms. The third kappa shape index (κ3) is 2.12. The predicted octanol–water partition coefficient (Wildman–Crippen LogP) is 2.41. The highest BCUT2D eigenvalue weighted by Gasteiger charge is 2.22. The Morgan fingerprint density at radius 3 is 3.06 bits per heavy atom. The zero-order valence-electron chi connectivity index (χ0n) is 10.3. The van der Waals surface area contributed by atoms with E-state index >= 15 is 0 Å². The van der Waals surface area contributed by atoms with Crippen LogP contribution in [-0.2, 0) is 6.42 Å². The first-order chi connectivity index (χ1) is 8.34. The van der Waals surface area contributed by atoms with Gasteiger partial charge < -0.3 is 14.8 Å². The lowest BCUT2D eigenvalue weighted by molar-refractivity contribution is 0.173. The van der Waals surface area contributed by atoms with Crippen molar-refractivity contribution in [1.29, 1.82) is 0 Å². The molecule has 1 atom stereocenters. The smallest absolute Gasteiger partial charge is 0.231 e. The number of hydrogen-bond donors (Lipinski definition) is 1. The Morgan fingerprint density at radius 1 is 1.29 bits per heavy atom. The molecule has 0 aliphatic carbocycles. The summed E-state index contributed by atoms with van der Waals surface area (Å²) in [7, 11) is 0. The van der Waals surface area contributed by atoms with Crippen LogP contribution in [0.1, 0.15) is 30.4 Å². The third-order valence-corrected chi connectivity index (χ3v) is 3.74. The fraction of sp³-hybridized carbons (Fsp3) is 0.571. The van der Waals surface area contributed by atoms with Crippen molar-refractivity contribution < 1.29 is 9.47 Å². The molecule has 1 unspecified atom stereocenters. The molecule has 92 valence electrons. The molecule has 2 aliphatic heterocycles. The van der Waals surface area contributed by atoms with E-state index in [0.717, 1.165) is 24.5 Å². The Hall–Kier alpha value is -1.22. The summed E-state index contributed by atoms with van der Waals surface area (Å²) in [5, 5.41) is 3.59. The highest BCUT2D eigenvalue weighted by molar-refractivity contribution is 5.52. The van der Waals surface area contributed by atoms with Crippen molar-refractivity contribution in [2.45, 2.75) is 38.6 Å². The summed E-state index contributed by atoms with van der Waals surface area (Å²) in [6, 6.07) is 4.74. The van der Waals surface area contributed by atoms with E-state index in [1.165, 1.54) is 30.4 Å². The van der Waals surface area contributed by atoms with Crippen molar-refractivity contribution in [2.75, 3.05) is 13.3 Å². The predicted molar refractivity (Wildman–Crippen MR) is 66.6 cm³/mol. The monoisotopic (exact) mass is 233 g/mol. The van der Waals surface area contributed by atoms with Crippen LogP contribution in [0.4, 0.5) is 0 Å². The zero-order chi connectivity index (χ0) is 11.7. The second kappa shape index (κ2) is 4.57. The minimum Gasteiger partial charge on any atom is -0.454 e. The maximum absolute atomic E-state index is 5.60. The highest BCUT2D eigenvalue weighted by atomic mass is 16.7. The van der Waals surface area contributed by atoms with Gasteiger partial charge in [-0.15, -0.1) is 0 Å². The van der Waals surface area contributed by atoms with E-state index in [2.05, 4.69) is 18.3 Å². The van der Waals surface area contributed by atoms with E-state index in [4.69, 9.17) is 9.47 Å². The second-order valence-corrected chi connectivity index (χ2v) is 4.95. The first-order valence-corrected chi connectivity index (χ1v) is 6.46. The fourth-order valence-electron chi connectivity index (χ4n) is 2.73. The Balaban J connectivity index is 1.84. The summed E-state index contributed by atoms with van der Waals surface area (Å²) < 4.78 is 11.0. The van der Waals surface area contributed by atoms with Gasteiger partial charge >= 0.3 is 0 Å². The van der Waals surface area contributed by atoms with Crippen molar-refractivity contribution >= 4 is 0 Å². The van der Waals surface area contributed by atoms with Gasteiger partial charge in [-0.25, -0.2) is 0 Å². The zero-order valence-corrected chi connectivity index (χ0v) is 10.3. The van der Waals surface area contributed by atoms with Gasteiger partial charge in [0.15, 0.2) is 11.5 Å². The van der Waals surface area contributed by atoms with Crippen LogP contribution in [0.15, 0.2) is 12.1 Å². The summed E-state index contributed by atoms with van der Waals surface area (Å²) in [5.74, 6) is 1.87. The van der Waals surface area contributed by atoms with Crippen LogP contribution in [-0.4, -0.2) is 19.4 Å². The number of nitrogens with one attached hydrogen (secondary N) is 1. The van der Waals surface area contributed by atoms with E-state index in [9.17, 15) is 0 Å². The summed E-state index contributed by atoms with van der Waals surface area (Å²) in [5.41, 5.74) is 2.63. The van der Waals surface area contributed by atoms with Gasteiger partial charge in [0, 0.05) is 11.6 Å². The Morgan fingerprint density at radius 2 is 2.24 bits per heavy atom. The molecule has 0 amide bonds. The second-order valence-electron chi connectivity index (χ2n) is 4.95. The van der Waals surface area contributed by atoms with Crippen molar-refractivity contribution in [3.63, 3.8) is 0 Å². The largest absolute Gasteiger partial charge is 0.454 e. The standard InChI is InChI=1S/C14H19NO2/c1-10-5-6-13-14(17-9-16-13)12(10)8-11-4-2-3-7-15-11/h5-6,11,15H,2-4,7-9H2,1H3. The Bertz CT molecular complexity index is 411. The lowest BCUT2D eigenvalue weighted by Gasteiger charge is -2.24.